The lowest BCUT2D eigenvalue weighted by Crippen LogP contribution is -2.63. The van der Waals surface area contributed by atoms with Gasteiger partial charge in [0, 0.05) is 36.8 Å². The van der Waals surface area contributed by atoms with E-state index in [0.717, 1.165) is 50.5 Å². The van der Waals surface area contributed by atoms with Crippen molar-refractivity contribution in [2.75, 3.05) is 13.2 Å². The summed E-state index contributed by atoms with van der Waals surface area (Å²) in [5, 5.41) is 8.33. The van der Waals surface area contributed by atoms with Crippen molar-refractivity contribution in [3.05, 3.63) is 35.4 Å². The Hall–Kier alpha value is -1.17. The third-order valence-electron chi connectivity index (χ3n) is 6.27. The number of nitrogens with zero attached hydrogens (tertiary/aromatic N) is 1. The van der Waals surface area contributed by atoms with E-state index in [4.69, 9.17) is 17.0 Å². The largest absolute Gasteiger partial charge is 0.376 e. The standard InChI is InChI=1S/C25H41N3OS/c1-18(2)20-11-9-19(10-12-20)16-28(17-22-8-7-13-29-22)23(30)26-21-14-24(3,4)27-25(5,6)15-21/h9-12,18,21-22,27H,7-8,13-17H2,1-6H3,(H,26,30). The predicted molar refractivity (Wildman–Crippen MR) is 130 cm³/mol. The fourth-order valence-electron chi connectivity index (χ4n) is 5.17. The van der Waals surface area contributed by atoms with Crippen LogP contribution >= 0.6 is 12.2 Å². The van der Waals surface area contributed by atoms with E-state index in [1.165, 1.54) is 11.1 Å². The monoisotopic (exact) mass is 431 g/mol. The molecule has 0 spiro atoms. The summed E-state index contributed by atoms with van der Waals surface area (Å²) < 4.78 is 5.94. The molecular formula is C25H41N3OS. The molecule has 3 rings (SSSR count). The number of piperidine rings is 1. The fourth-order valence-corrected chi connectivity index (χ4v) is 5.48. The van der Waals surface area contributed by atoms with Crippen LogP contribution in [0.2, 0.25) is 0 Å². The van der Waals surface area contributed by atoms with Crippen molar-refractivity contribution in [2.24, 2.45) is 0 Å². The molecule has 30 heavy (non-hydrogen) atoms. The van der Waals surface area contributed by atoms with E-state index in [-0.39, 0.29) is 17.2 Å². The number of hydrogen-bond acceptors (Lipinski definition) is 3. The lowest BCUT2D eigenvalue weighted by atomic mass is 9.80. The van der Waals surface area contributed by atoms with E-state index >= 15 is 0 Å². The number of hydrogen-bond donors (Lipinski definition) is 2. The average Bonchev–Trinajstić information content (AvgIpc) is 3.12. The van der Waals surface area contributed by atoms with E-state index in [2.05, 4.69) is 81.3 Å². The molecule has 1 aromatic rings. The van der Waals surface area contributed by atoms with Crippen molar-refractivity contribution in [2.45, 2.75) is 103 Å². The van der Waals surface area contributed by atoms with Gasteiger partial charge in [-0.1, -0.05) is 38.1 Å². The summed E-state index contributed by atoms with van der Waals surface area (Å²) in [4.78, 5) is 2.32. The molecule has 0 radical (unpaired) electrons. The van der Waals surface area contributed by atoms with Gasteiger partial charge in [0.2, 0.25) is 0 Å². The van der Waals surface area contributed by atoms with E-state index in [0.29, 0.717) is 12.0 Å². The summed E-state index contributed by atoms with van der Waals surface area (Å²) in [6.07, 6.45) is 4.68. The number of ether oxygens (including phenoxy) is 1. The maximum Gasteiger partial charge on any atom is 0.169 e. The highest BCUT2D eigenvalue weighted by atomic mass is 32.1. The van der Waals surface area contributed by atoms with Crippen LogP contribution < -0.4 is 10.6 Å². The number of nitrogens with one attached hydrogen (secondary N) is 2. The number of benzene rings is 1. The highest BCUT2D eigenvalue weighted by Gasteiger charge is 2.38. The molecule has 2 N–H and O–H groups in total. The number of rotatable bonds is 6. The molecule has 2 saturated heterocycles. The van der Waals surface area contributed by atoms with Crippen LogP contribution in [-0.2, 0) is 11.3 Å². The van der Waals surface area contributed by atoms with Gasteiger partial charge in [0.15, 0.2) is 5.11 Å². The Morgan fingerprint density at radius 3 is 2.33 bits per heavy atom. The van der Waals surface area contributed by atoms with E-state index < -0.39 is 0 Å². The van der Waals surface area contributed by atoms with Gasteiger partial charge >= 0.3 is 0 Å². The van der Waals surface area contributed by atoms with Crippen molar-refractivity contribution in [3.8, 4) is 0 Å². The third-order valence-corrected chi connectivity index (χ3v) is 6.65. The van der Waals surface area contributed by atoms with E-state index in [9.17, 15) is 0 Å². The second-order valence-electron chi connectivity index (χ2n) is 10.9. The van der Waals surface area contributed by atoms with Crippen LogP contribution in [0.3, 0.4) is 0 Å². The molecule has 0 bridgehead atoms. The third kappa shape index (κ3) is 6.66. The molecule has 1 unspecified atom stereocenters. The summed E-state index contributed by atoms with van der Waals surface area (Å²) >= 11 is 5.95. The molecule has 5 heteroatoms. The van der Waals surface area contributed by atoms with Gasteiger partial charge in [0.1, 0.15) is 0 Å². The number of thiocarbonyl (C=S) groups is 1. The normalized spacial score (nSPS) is 23.5. The highest BCUT2D eigenvalue weighted by molar-refractivity contribution is 7.80. The van der Waals surface area contributed by atoms with Crippen LogP contribution in [0, 0.1) is 0 Å². The Morgan fingerprint density at radius 2 is 1.80 bits per heavy atom. The molecule has 0 saturated carbocycles. The van der Waals surface area contributed by atoms with Crippen LogP contribution in [-0.4, -0.2) is 46.4 Å². The second-order valence-corrected chi connectivity index (χ2v) is 11.2. The van der Waals surface area contributed by atoms with E-state index in [1.807, 2.05) is 0 Å². The zero-order valence-electron chi connectivity index (χ0n) is 19.8. The summed E-state index contributed by atoms with van der Waals surface area (Å²) in [5.41, 5.74) is 2.87. The van der Waals surface area contributed by atoms with Gasteiger partial charge < -0.3 is 20.3 Å². The van der Waals surface area contributed by atoms with Crippen molar-refractivity contribution >= 4 is 17.3 Å². The summed E-state index contributed by atoms with van der Waals surface area (Å²) in [7, 11) is 0. The van der Waals surface area contributed by atoms with Crippen LogP contribution in [0.4, 0.5) is 0 Å². The minimum atomic E-state index is 0.0983. The van der Waals surface area contributed by atoms with Gasteiger partial charge in [-0.2, -0.15) is 0 Å². The molecule has 0 amide bonds. The molecule has 2 aliphatic rings. The minimum absolute atomic E-state index is 0.0983. The zero-order valence-corrected chi connectivity index (χ0v) is 20.6. The van der Waals surface area contributed by atoms with Crippen LogP contribution in [0.1, 0.15) is 84.3 Å². The molecular weight excluding hydrogens is 390 g/mol. The lowest BCUT2D eigenvalue weighted by molar-refractivity contribution is 0.0887. The molecule has 2 fully saturated rings. The minimum Gasteiger partial charge on any atom is -0.376 e. The second kappa shape index (κ2) is 9.54. The fraction of sp³-hybridized carbons (Fsp3) is 0.720. The van der Waals surface area contributed by atoms with Gasteiger partial charge in [-0.25, -0.2) is 0 Å². The van der Waals surface area contributed by atoms with Gasteiger partial charge in [-0.05, 0) is 82.6 Å². The first-order valence-electron chi connectivity index (χ1n) is 11.6. The summed E-state index contributed by atoms with van der Waals surface area (Å²) in [5.74, 6) is 0.552. The predicted octanol–water partition coefficient (Wildman–Crippen LogP) is 4.97. The van der Waals surface area contributed by atoms with Crippen molar-refractivity contribution < 1.29 is 4.74 Å². The maximum atomic E-state index is 5.95. The van der Waals surface area contributed by atoms with Crippen LogP contribution in [0.25, 0.3) is 0 Å². The quantitative estimate of drug-likeness (QED) is 0.622. The molecule has 2 heterocycles. The van der Waals surface area contributed by atoms with E-state index in [1.54, 1.807) is 0 Å². The van der Waals surface area contributed by atoms with Crippen LogP contribution in [0.5, 0.6) is 0 Å². The van der Waals surface area contributed by atoms with Gasteiger partial charge in [-0.3, -0.25) is 0 Å². The Balaban J connectivity index is 1.69. The highest BCUT2D eigenvalue weighted by Crippen LogP contribution is 2.29. The Bertz CT molecular complexity index is 692. The lowest BCUT2D eigenvalue weighted by Gasteiger charge is -2.47. The van der Waals surface area contributed by atoms with Gasteiger partial charge in [0.05, 0.1) is 6.10 Å². The smallest absolute Gasteiger partial charge is 0.169 e. The van der Waals surface area contributed by atoms with Crippen molar-refractivity contribution in [1.29, 1.82) is 0 Å². The molecule has 2 aliphatic heterocycles. The SMILES string of the molecule is CC(C)c1ccc(CN(CC2CCCO2)C(=S)NC2CC(C)(C)NC(C)(C)C2)cc1. The first kappa shape index (κ1) is 23.5. The summed E-state index contributed by atoms with van der Waals surface area (Å²) in [6, 6.07) is 9.37. The first-order valence-corrected chi connectivity index (χ1v) is 12.0. The zero-order chi connectivity index (χ0) is 21.9. The Kier molecular flexibility index (Phi) is 7.47. The molecule has 168 valence electrons. The molecule has 0 aromatic heterocycles. The van der Waals surface area contributed by atoms with Gasteiger partial charge in [0.25, 0.3) is 0 Å². The average molecular weight is 432 g/mol. The molecule has 1 atom stereocenters. The summed E-state index contributed by atoms with van der Waals surface area (Å²) in [6.45, 7) is 16.2. The van der Waals surface area contributed by atoms with Crippen molar-refractivity contribution in [1.82, 2.24) is 15.5 Å². The topological polar surface area (TPSA) is 36.5 Å². The molecule has 0 aliphatic carbocycles. The van der Waals surface area contributed by atoms with Crippen LogP contribution in [0.15, 0.2) is 24.3 Å². The molecule has 1 aromatic carbocycles. The molecule has 4 nitrogen and oxygen atoms in total. The maximum absolute atomic E-state index is 5.95. The Morgan fingerprint density at radius 1 is 1.17 bits per heavy atom. The first-order chi connectivity index (χ1) is 14.0. The Labute approximate surface area is 189 Å². The van der Waals surface area contributed by atoms with Gasteiger partial charge in [-0.15, -0.1) is 0 Å². The van der Waals surface area contributed by atoms with Crippen molar-refractivity contribution in [3.63, 3.8) is 0 Å².